The van der Waals surface area contributed by atoms with E-state index in [1.807, 2.05) is 40.1 Å². The van der Waals surface area contributed by atoms with Crippen molar-refractivity contribution >= 4 is 17.1 Å². The van der Waals surface area contributed by atoms with Gasteiger partial charge in [0.15, 0.2) is 0 Å². The normalized spacial score (nSPS) is 9.43. The molecule has 0 spiro atoms. The maximum absolute atomic E-state index is 4.12. The first-order chi connectivity index (χ1) is 6.59. The van der Waals surface area contributed by atoms with E-state index in [1.165, 1.54) is 5.69 Å². The molecule has 14 heavy (non-hydrogen) atoms. The van der Waals surface area contributed by atoms with Crippen molar-refractivity contribution in [3.05, 3.63) is 24.3 Å². The van der Waals surface area contributed by atoms with Crippen LogP contribution in [0.4, 0.5) is 11.4 Å². The number of nitrogens with one attached hydrogen (secondary N) is 1. The molecule has 3 nitrogen and oxygen atoms in total. The van der Waals surface area contributed by atoms with Crippen molar-refractivity contribution in [3.63, 3.8) is 0 Å². The van der Waals surface area contributed by atoms with E-state index < -0.39 is 0 Å². The highest BCUT2D eigenvalue weighted by molar-refractivity contribution is 5.79. The van der Waals surface area contributed by atoms with Crippen LogP contribution in [0.15, 0.2) is 29.4 Å². The summed E-state index contributed by atoms with van der Waals surface area (Å²) in [5, 5.41) is 4.12. The summed E-state index contributed by atoms with van der Waals surface area (Å²) < 4.78 is 0. The minimum Gasteiger partial charge on any atom is -0.378 e. The minimum atomic E-state index is 1.01. The summed E-state index contributed by atoms with van der Waals surface area (Å²) in [6, 6.07) is 8.15. The van der Waals surface area contributed by atoms with Crippen LogP contribution < -0.4 is 10.3 Å². The summed E-state index contributed by atoms with van der Waals surface area (Å²) >= 11 is 0. The van der Waals surface area contributed by atoms with Crippen molar-refractivity contribution in [1.29, 1.82) is 0 Å². The summed E-state index contributed by atoms with van der Waals surface area (Å²) in [6.07, 6.45) is 0. The summed E-state index contributed by atoms with van der Waals surface area (Å²) in [6.45, 7) is 3.92. The van der Waals surface area contributed by atoms with Crippen LogP contribution in [0.25, 0.3) is 0 Å². The number of nitrogens with zero attached hydrogens (tertiary/aromatic N) is 2. The van der Waals surface area contributed by atoms with Crippen LogP contribution in [-0.4, -0.2) is 19.8 Å². The second kappa shape index (κ2) is 4.65. The Bertz CT molecular complexity index is 308. The molecular formula is C11H17N3. The zero-order chi connectivity index (χ0) is 10.6. The standard InChI is InChI=1S/C11H17N3/c1-9(2)12-13-10-5-7-11(8-6-10)14(3)4/h5-8,13H,1-4H3. The highest BCUT2D eigenvalue weighted by Gasteiger charge is 1.94. The number of rotatable bonds is 3. The van der Waals surface area contributed by atoms with Gasteiger partial charge in [0.2, 0.25) is 0 Å². The number of anilines is 2. The van der Waals surface area contributed by atoms with Crippen LogP contribution in [0, 0.1) is 0 Å². The molecule has 1 N–H and O–H groups in total. The van der Waals surface area contributed by atoms with Gasteiger partial charge in [-0.2, -0.15) is 5.10 Å². The largest absolute Gasteiger partial charge is 0.378 e. The second-order valence-corrected chi connectivity index (χ2v) is 3.61. The van der Waals surface area contributed by atoms with E-state index in [9.17, 15) is 0 Å². The van der Waals surface area contributed by atoms with E-state index in [0.717, 1.165) is 11.4 Å². The van der Waals surface area contributed by atoms with Gasteiger partial charge in [0.25, 0.3) is 0 Å². The molecule has 76 valence electrons. The lowest BCUT2D eigenvalue weighted by molar-refractivity contribution is 1.13. The van der Waals surface area contributed by atoms with Crippen molar-refractivity contribution in [3.8, 4) is 0 Å². The van der Waals surface area contributed by atoms with E-state index in [2.05, 4.69) is 27.6 Å². The predicted octanol–water partition coefficient (Wildman–Crippen LogP) is 2.56. The first kappa shape index (κ1) is 10.6. The Morgan fingerprint density at radius 2 is 1.71 bits per heavy atom. The molecule has 0 atom stereocenters. The van der Waals surface area contributed by atoms with Gasteiger partial charge in [-0.25, -0.2) is 0 Å². The Kier molecular flexibility index (Phi) is 3.51. The van der Waals surface area contributed by atoms with E-state index in [1.54, 1.807) is 0 Å². The van der Waals surface area contributed by atoms with Gasteiger partial charge < -0.3 is 4.90 Å². The summed E-state index contributed by atoms with van der Waals surface area (Å²) in [5.74, 6) is 0. The van der Waals surface area contributed by atoms with E-state index in [0.29, 0.717) is 0 Å². The molecule has 0 fully saturated rings. The molecule has 0 aromatic heterocycles. The van der Waals surface area contributed by atoms with Crippen molar-refractivity contribution in [1.82, 2.24) is 0 Å². The molecule has 1 aromatic carbocycles. The smallest absolute Gasteiger partial charge is 0.0563 e. The van der Waals surface area contributed by atoms with Crippen LogP contribution in [0.1, 0.15) is 13.8 Å². The molecule has 0 radical (unpaired) electrons. The minimum absolute atomic E-state index is 1.01. The molecule has 0 saturated heterocycles. The van der Waals surface area contributed by atoms with Crippen LogP contribution in [-0.2, 0) is 0 Å². The van der Waals surface area contributed by atoms with Gasteiger partial charge in [-0.15, -0.1) is 0 Å². The van der Waals surface area contributed by atoms with Gasteiger partial charge in [0, 0.05) is 25.5 Å². The summed E-state index contributed by atoms with van der Waals surface area (Å²) in [5.41, 5.74) is 6.19. The molecule has 0 saturated carbocycles. The summed E-state index contributed by atoms with van der Waals surface area (Å²) in [4.78, 5) is 2.07. The SMILES string of the molecule is CC(C)=NNc1ccc(N(C)C)cc1. The number of hydrogen-bond donors (Lipinski definition) is 1. The van der Waals surface area contributed by atoms with E-state index in [-0.39, 0.29) is 0 Å². The molecule has 0 amide bonds. The maximum atomic E-state index is 4.12. The lowest BCUT2D eigenvalue weighted by Crippen LogP contribution is -2.08. The Labute approximate surface area is 85.4 Å². The molecule has 1 aromatic rings. The first-order valence-electron chi connectivity index (χ1n) is 4.64. The Balaban J connectivity index is 2.69. The molecule has 0 bridgehead atoms. The lowest BCUT2D eigenvalue weighted by atomic mass is 10.3. The van der Waals surface area contributed by atoms with Gasteiger partial charge >= 0.3 is 0 Å². The fraction of sp³-hybridized carbons (Fsp3) is 0.364. The number of hydrazone groups is 1. The first-order valence-corrected chi connectivity index (χ1v) is 4.64. The van der Waals surface area contributed by atoms with Crippen LogP contribution >= 0.6 is 0 Å². The summed E-state index contributed by atoms with van der Waals surface area (Å²) in [7, 11) is 4.05. The Morgan fingerprint density at radius 3 is 2.14 bits per heavy atom. The van der Waals surface area contributed by atoms with Gasteiger partial charge in [-0.05, 0) is 38.1 Å². The third-order valence-corrected chi connectivity index (χ3v) is 1.79. The van der Waals surface area contributed by atoms with Crippen molar-refractivity contribution in [2.75, 3.05) is 24.4 Å². The molecule has 0 heterocycles. The second-order valence-electron chi connectivity index (χ2n) is 3.61. The van der Waals surface area contributed by atoms with Crippen molar-refractivity contribution in [2.24, 2.45) is 5.10 Å². The fourth-order valence-electron chi connectivity index (χ4n) is 1.01. The number of benzene rings is 1. The van der Waals surface area contributed by atoms with Crippen LogP contribution in [0.2, 0.25) is 0 Å². The zero-order valence-corrected chi connectivity index (χ0v) is 9.20. The molecular weight excluding hydrogens is 174 g/mol. The number of hydrogen-bond acceptors (Lipinski definition) is 3. The molecule has 3 heteroatoms. The van der Waals surface area contributed by atoms with Gasteiger partial charge in [-0.3, -0.25) is 5.43 Å². The Morgan fingerprint density at radius 1 is 1.14 bits per heavy atom. The maximum Gasteiger partial charge on any atom is 0.0563 e. The van der Waals surface area contributed by atoms with Gasteiger partial charge in [0.1, 0.15) is 0 Å². The Hall–Kier alpha value is -1.51. The molecule has 0 unspecified atom stereocenters. The average Bonchev–Trinajstić information content (AvgIpc) is 2.15. The van der Waals surface area contributed by atoms with Gasteiger partial charge in [0.05, 0.1) is 5.69 Å². The highest BCUT2D eigenvalue weighted by atomic mass is 15.3. The lowest BCUT2D eigenvalue weighted by Gasteiger charge is -2.12. The van der Waals surface area contributed by atoms with Crippen LogP contribution in [0.3, 0.4) is 0 Å². The molecule has 0 aliphatic rings. The van der Waals surface area contributed by atoms with Crippen LogP contribution in [0.5, 0.6) is 0 Å². The van der Waals surface area contributed by atoms with E-state index in [4.69, 9.17) is 0 Å². The quantitative estimate of drug-likeness (QED) is 0.587. The predicted molar refractivity (Wildman–Crippen MR) is 63.2 cm³/mol. The third-order valence-electron chi connectivity index (χ3n) is 1.79. The van der Waals surface area contributed by atoms with Gasteiger partial charge in [-0.1, -0.05) is 0 Å². The topological polar surface area (TPSA) is 27.6 Å². The zero-order valence-electron chi connectivity index (χ0n) is 9.20. The molecule has 1 rings (SSSR count). The van der Waals surface area contributed by atoms with Crippen molar-refractivity contribution in [2.45, 2.75) is 13.8 Å². The third kappa shape index (κ3) is 3.09. The monoisotopic (exact) mass is 191 g/mol. The fourth-order valence-corrected chi connectivity index (χ4v) is 1.01. The molecule has 0 aliphatic heterocycles. The average molecular weight is 191 g/mol. The van der Waals surface area contributed by atoms with E-state index >= 15 is 0 Å². The molecule has 0 aliphatic carbocycles. The van der Waals surface area contributed by atoms with Crippen molar-refractivity contribution < 1.29 is 0 Å². The highest BCUT2D eigenvalue weighted by Crippen LogP contribution is 2.15.